The number of hydrogen-bond donors (Lipinski definition) is 3. The molecular weight excluding hydrogens is 615 g/mol. The number of hydrogen-bond acceptors (Lipinski definition) is 3. The van der Waals surface area contributed by atoms with Crippen LogP contribution in [-0.4, -0.2) is 34.9 Å². The van der Waals surface area contributed by atoms with Crippen LogP contribution in [0.15, 0.2) is 60.8 Å². The van der Waals surface area contributed by atoms with Gasteiger partial charge in [0.25, 0.3) is 0 Å². The van der Waals surface area contributed by atoms with Crippen LogP contribution in [-0.2, 0) is 4.79 Å². The van der Waals surface area contributed by atoms with Gasteiger partial charge in [0.2, 0.25) is 5.91 Å². The monoisotopic (exact) mass is 698 g/mol. The molecule has 0 spiro atoms. The number of amides is 1. The fraction of sp³-hybridized carbons (Fsp3) is 0.761. The van der Waals surface area contributed by atoms with Gasteiger partial charge in [-0.05, 0) is 70.6 Å². The van der Waals surface area contributed by atoms with Crippen molar-refractivity contribution in [3.8, 4) is 0 Å². The Kier molecular flexibility index (Phi) is 39.9. The average Bonchev–Trinajstić information content (AvgIpc) is 3.12. The van der Waals surface area contributed by atoms with Crippen LogP contribution in [0.3, 0.4) is 0 Å². The SMILES string of the molecule is CCCCC/C=C\C=C/CCCCCCCCCCCCC(=O)NC(CO)C(O)/C=C/CC/C=C/CC/C=C/CCCCCCCCCCC. The first kappa shape index (κ1) is 48.1. The Bertz CT molecular complexity index is 842. The minimum atomic E-state index is -0.873. The number of carbonyl (C=O) groups is 1. The summed E-state index contributed by atoms with van der Waals surface area (Å²) >= 11 is 0. The molecule has 0 radical (unpaired) electrons. The predicted octanol–water partition coefficient (Wildman–Crippen LogP) is 13.3. The van der Waals surface area contributed by atoms with Gasteiger partial charge in [-0.2, -0.15) is 0 Å². The second-order valence-corrected chi connectivity index (χ2v) is 14.4. The van der Waals surface area contributed by atoms with Crippen LogP contribution < -0.4 is 5.32 Å². The second kappa shape index (κ2) is 41.5. The first-order chi connectivity index (χ1) is 24.7. The first-order valence-corrected chi connectivity index (χ1v) is 21.5. The molecule has 0 heterocycles. The van der Waals surface area contributed by atoms with Crippen LogP contribution >= 0.6 is 0 Å². The van der Waals surface area contributed by atoms with E-state index in [9.17, 15) is 15.0 Å². The van der Waals surface area contributed by atoms with Gasteiger partial charge >= 0.3 is 0 Å². The van der Waals surface area contributed by atoms with Crippen LogP contribution in [0.1, 0.15) is 206 Å². The van der Waals surface area contributed by atoms with E-state index in [0.717, 1.165) is 38.5 Å². The molecule has 0 aliphatic heterocycles. The summed E-state index contributed by atoms with van der Waals surface area (Å²) in [6.45, 7) is 4.26. The summed E-state index contributed by atoms with van der Waals surface area (Å²) in [5, 5.41) is 23.0. The Labute approximate surface area is 311 Å². The molecule has 290 valence electrons. The lowest BCUT2D eigenvalue weighted by atomic mass is 10.0. The van der Waals surface area contributed by atoms with E-state index in [4.69, 9.17) is 0 Å². The molecule has 0 rings (SSSR count). The van der Waals surface area contributed by atoms with E-state index in [1.54, 1.807) is 6.08 Å². The molecule has 0 saturated heterocycles. The average molecular weight is 698 g/mol. The molecule has 4 nitrogen and oxygen atoms in total. The zero-order valence-electron chi connectivity index (χ0n) is 33.2. The summed E-state index contributed by atoms with van der Waals surface area (Å²) in [5.41, 5.74) is 0. The zero-order valence-corrected chi connectivity index (χ0v) is 33.2. The molecule has 0 aromatic rings. The van der Waals surface area contributed by atoms with Gasteiger partial charge in [-0.1, -0.05) is 190 Å². The minimum absolute atomic E-state index is 0.0838. The topological polar surface area (TPSA) is 69.6 Å². The summed E-state index contributed by atoms with van der Waals surface area (Å²) < 4.78 is 0. The van der Waals surface area contributed by atoms with Gasteiger partial charge in [-0.15, -0.1) is 0 Å². The van der Waals surface area contributed by atoms with Crippen LogP contribution in [0.25, 0.3) is 0 Å². The van der Waals surface area contributed by atoms with Crippen molar-refractivity contribution in [2.24, 2.45) is 0 Å². The first-order valence-electron chi connectivity index (χ1n) is 21.5. The van der Waals surface area contributed by atoms with Crippen molar-refractivity contribution in [3.63, 3.8) is 0 Å². The summed E-state index contributed by atoms with van der Waals surface area (Å²) in [6, 6.07) is -0.648. The highest BCUT2D eigenvalue weighted by Crippen LogP contribution is 2.13. The van der Waals surface area contributed by atoms with Crippen molar-refractivity contribution in [2.75, 3.05) is 6.61 Å². The molecule has 0 aliphatic rings. The van der Waals surface area contributed by atoms with Crippen molar-refractivity contribution < 1.29 is 15.0 Å². The third-order valence-corrected chi connectivity index (χ3v) is 9.48. The van der Waals surface area contributed by atoms with Crippen LogP contribution in [0.4, 0.5) is 0 Å². The summed E-state index contributed by atoms with van der Waals surface area (Å²) in [6.07, 6.45) is 57.5. The fourth-order valence-electron chi connectivity index (χ4n) is 6.14. The molecular formula is C46H83NO3. The Hall–Kier alpha value is -1.91. The molecule has 50 heavy (non-hydrogen) atoms. The highest BCUT2D eigenvalue weighted by atomic mass is 16.3. The van der Waals surface area contributed by atoms with E-state index < -0.39 is 12.1 Å². The minimum Gasteiger partial charge on any atom is -0.394 e. The number of nitrogens with one attached hydrogen (secondary N) is 1. The Balaban J connectivity index is 3.67. The number of allylic oxidation sites excluding steroid dienone is 9. The second-order valence-electron chi connectivity index (χ2n) is 14.4. The molecule has 4 heteroatoms. The van der Waals surface area contributed by atoms with E-state index >= 15 is 0 Å². The standard InChI is InChI=1S/C46H83NO3/c1-3-5-7-9-11-13-15-17-19-21-23-25-27-29-31-33-35-37-39-41-45(49)44(43-48)47-46(50)42-40-38-36-34-32-30-28-26-24-22-20-18-16-14-12-10-8-6-4-2/h12,14,16,18,23,25,31,33,39,41,44-45,48-49H,3-11,13,15,17,19-22,24,26-30,32,34-38,40,42-43H2,1-2H3,(H,47,50)/b14-12-,18-16-,25-23+,33-31+,41-39+. The molecule has 0 aromatic carbocycles. The van der Waals surface area contributed by atoms with E-state index in [1.165, 1.54) is 148 Å². The molecule has 0 bridgehead atoms. The van der Waals surface area contributed by atoms with Gasteiger partial charge in [0.15, 0.2) is 0 Å². The van der Waals surface area contributed by atoms with E-state index in [1.807, 2.05) is 6.08 Å². The van der Waals surface area contributed by atoms with Gasteiger partial charge in [0.05, 0.1) is 18.8 Å². The van der Waals surface area contributed by atoms with Crippen molar-refractivity contribution in [1.29, 1.82) is 0 Å². The van der Waals surface area contributed by atoms with E-state index in [-0.39, 0.29) is 12.5 Å². The predicted molar refractivity (Wildman–Crippen MR) is 221 cm³/mol. The van der Waals surface area contributed by atoms with E-state index in [2.05, 4.69) is 67.8 Å². The molecule has 0 aromatic heterocycles. The Morgan fingerprint density at radius 3 is 1.32 bits per heavy atom. The number of aliphatic hydroxyl groups is 2. The van der Waals surface area contributed by atoms with E-state index in [0.29, 0.717) is 6.42 Å². The third-order valence-electron chi connectivity index (χ3n) is 9.48. The molecule has 2 unspecified atom stereocenters. The smallest absolute Gasteiger partial charge is 0.220 e. The van der Waals surface area contributed by atoms with Crippen LogP contribution in [0, 0.1) is 0 Å². The number of carbonyl (C=O) groups excluding carboxylic acids is 1. The third kappa shape index (κ3) is 37.3. The molecule has 3 N–H and O–H groups in total. The van der Waals surface area contributed by atoms with Gasteiger partial charge in [-0.3, -0.25) is 4.79 Å². The van der Waals surface area contributed by atoms with Crippen molar-refractivity contribution >= 4 is 5.91 Å². The normalized spacial score (nSPS) is 13.6. The molecule has 1 amide bonds. The summed E-state index contributed by atoms with van der Waals surface area (Å²) in [7, 11) is 0. The number of rotatable bonds is 38. The van der Waals surface area contributed by atoms with Gasteiger partial charge in [-0.25, -0.2) is 0 Å². The Morgan fingerprint density at radius 1 is 0.480 bits per heavy atom. The quantitative estimate of drug-likeness (QED) is 0.0342. The maximum absolute atomic E-state index is 12.4. The summed E-state index contributed by atoms with van der Waals surface area (Å²) in [4.78, 5) is 12.4. The lowest BCUT2D eigenvalue weighted by molar-refractivity contribution is -0.123. The van der Waals surface area contributed by atoms with Crippen molar-refractivity contribution in [1.82, 2.24) is 5.32 Å². The van der Waals surface area contributed by atoms with Crippen molar-refractivity contribution in [2.45, 2.75) is 219 Å². The highest BCUT2D eigenvalue weighted by molar-refractivity contribution is 5.76. The van der Waals surface area contributed by atoms with Gasteiger partial charge in [0.1, 0.15) is 0 Å². The molecule has 0 saturated carbocycles. The van der Waals surface area contributed by atoms with Gasteiger partial charge in [0, 0.05) is 6.42 Å². The fourth-order valence-corrected chi connectivity index (χ4v) is 6.14. The number of unbranched alkanes of at least 4 members (excludes halogenated alkanes) is 24. The zero-order chi connectivity index (χ0) is 36.4. The molecule has 2 atom stereocenters. The van der Waals surface area contributed by atoms with Crippen molar-refractivity contribution in [3.05, 3.63) is 60.8 Å². The largest absolute Gasteiger partial charge is 0.394 e. The lowest BCUT2D eigenvalue weighted by Gasteiger charge is -2.19. The van der Waals surface area contributed by atoms with Crippen LogP contribution in [0.5, 0.6) is 0 Å². The molecule has 0 fully saturated rings. The van der Waals surface area contributed by atoms with Crippen LogP contribution in [0.2, 0.25) is 0 Å². The maximum atomic E-state index is 12.4. The Morgan fingerprint density at radius 2 is 0.840 bits per heavy atom. The number of aliphatic hydroxyl groups excluding tert-OH is 2. The lowest BCUT2D eigenvalue weighted by Crippen LogP contribution is -2.45. The highest BCUT2D eigenvalue weighted by Gasteiger charge is 2.17. The molecule has 0 aliphatic carbocycles. The summed E-state index contributed by atoms with van der Waals surface area (Å²) in [5.74, 6) is -0.0838. The van der Waals surface area contributed by atoms with Gasteiger partial charge < -0.3 is 15.5 Å². The maximum Gasteiger partial charge on any atom is 0.220 e.